The lowest BCUT2D eigenvalue weighted by molar-refractivity contribution is 0.480. The van der Waals surface area contributed by atoms with Crippen LogP contribution in [-0.4, -0.2) is 10.3 Å². The number of fused-ring (bicyclic) bond motifs is 4. The van der Waals surface area contributed by atoms with Crippen LogP contribution in [0.3, 0.4) is 0 Å². The van der Waals surface area contributed by atoms with Crippen LogP contribution < -0.4 is 10.5 Å². The van der Waals surface area contributed by atoms with E-state index in [2.05, 4.69) is 85.0 Å². The van der Waals surface area contributed by atoms with Crippen molar-refractivity contribution in [2.24, 2.45) is 12.8 Å². The zero-order valence-electron chi connectivity index (χ0n) is 29.0. The number of hydrogen-bond donors (Lipinski definition) is 2. The molecule has 3 N–H and O–H groups in total. The summed E-state index contributed by atoms with van der Waals surface area (Å²) in [7, 11) is 2.12. The van der Waals surface area contributed by atoms with Gasteiger partial charge in [0, 0.05) is 40.1 Å². The fraction of sp³-hybridized carbons (Fsp3) is 0.0638. The maximum atomic E-state index is 8.87. The smallest absolute Gasteiger partial charge is 0.134 e. The third kappa shape index (κ3) is 7.05. The third-order valence-electron chi connectivity index (χ3n) is 9.42. The second-order valence-corrected chi connectivity index (χ2v) is 12.8. The molecule has 1 aliphatic heterocycles. The maximum Gasteiger partial charge on any atom is 0.134 e. The molecule has 0 radical (unpaired) electrons. The summed E-state index contributed by atoms with van der Waals surface area (Å²) >= 11 is 0. The lowest BCUT2D eigenvalue weighted by Crippen LogP contribution is -2.05. The molecule has 0 saturated heterocycles. The van der Waals surface area contributed by atoms with Gasteiger partial charge in [-0.1, -0.05) is 104 Å². The van der Waals surface area contributed by atoms with Gasteiger partial charge in [0.05, 0.1) is 23.6 Å². The number of hydrogen-bond acceptors (Lipinski definition) is 4. The average molecular weight is 675 g/mol. The summed E-state index contributed by atoms with van der Waals surface area (Å²) in [4.78, 5) is 0. The molecule has 5 heteroatoms. The Morgan fingerprint density at radius 3 is 2.27 bits per heavy atom. The van der Waals surface area contributed by atoms with Crippen molar-refractivity contribution in [2.75, 3.05) is 0 Å². The minimum Gasteiger partial charge on any atom is -0.464 e. The first-order chi connectivity index (χ1) is 25.4. The highest BCUT2D eigenvalue weighted by Gasteiger charge is 2.12. The Morgan fingerprint density at radius 2 is 1.52 bits per heavy atom. The highest BCUT2D eigenvalue weighted by Crippen LogP contribution is 2.34. The molecule has 0 saturated carbocycles. The van der Waals surface area contributed by atoms with E-state index < -0.39 is 0 Å². The van der Waals surface area contributed by atoms with E-state index in [-0.39, 0.29) is 0 Å². The molecule has 0 fully saturated rings. The Morgan fingerprint density at radius 1 is 0.827 bits per heavy atom. The average Bonchev–Trinajstić information content (AvgIpc) is 3.48. The lowest BCUT2D eigenvalue weighted by atomic mass is 9.97. The number of nitrogens with zero attached hydrogens (tertiary/aromatic N) is 2. The van der Waals surface area contributed by atoms with Crippen LogP contribution in [0, 0.1) is 16.7 Å². The van der Waals surface area contributed by atoms with Gasteiger partial charge >= 0.3 is 0 Å². The van der Waals surface area contributed by atoms with Crippen molar-refractivity contribution in [3.05, 3.63) is 198 Å². The Balaban J connectivity index is 0.000000162. The molecular formula is C47H38N4O. The number of nitriles is 1. The SMILES string of the molecule is C=C1/C=C(c2ccc3c(c2)c2ccccc2n3C)\C=C/Oc2ccccc21.N#Cc1ccc(-c2ccc(C(=N)/C=C(\N)C3=CCCC=C3)cc2)cc1. The van der Waals surface area contributed by atoms with E-state index in [1.54, 1.807) is 24.5 Å². The summed E-state index contributed by atoms with van der Waals surface area (Å²) in [5.41, 5.74) is 18.4. The molecule has 2 heterocycles. The van der Waals surface area contributed by atoms with Crippen LogP contribution in [-0.2, 0) is 7.05 Å². The van der Waals surface area contributed by atoms with Gasteiger partial charge in [0.15, 0.2) is 0 Å². The van der Waals surface area contributed by atoms with Crippen molar-refractivity contribution >= 4 is 38.7 Å². The van der Waals surface area contributed by atoms with Crippen molar-refractivity contribution in [1.82, 2.24) is 4.57 Å². The summed E-state index contributed by atoms with van der Waals surface area (Å²) in [5, 5.41) is 19.7. The molecular weight excluding hydrogens is 637 g/mol. The quantitative estimate of drug-likeness (QED) is 0.178. The highest BCUT2D eigenvalue weighted by atomic mass is 16.5. The van der Waals surface area contributed by atoms with Crippen LogP contribution in [0.1, 0.15) is 35.1 Å². The number of nitrogens with two attached hydrogens (primary N) is 1. The number of benzene rings is 5. The summed E-state index contributed by atoms with van der Waals surface area (Å²) in [6, 6.07) is 40.5. The number of aromatic nitrogens is 1. The van der Waals surface area contributed by atoms with Crippen molar-refractivity contribution in [1.29, 1.82) is 10.7 Å². The second kappa shape index (κ2) is 14.9. The highest BCUT2D eigenvalue weighted by molar-refractivity contribution is 6.09. The molecule has 5 nitrogen and oxygen atoms in total. The van der Waals surface area contributed by atoms with E-state index in [0.717, 1.165) is 63.1 Å². The van der Waals surface area contributed by atoms with Crippen LogP contribution in [0.5, 0.6) is 5.75 Å². The van der Waals surface area contributed by atoms with Crippen LogP contribution >= 0.6 is 0 Å². The molecule has 1 aliphatic carbocycles. The minimum atomic E-state index is 0.392. The third-order valence-corrected chi connectivity index (χ3v) is 9.42. The normalized spacial score (nSPS) is 15.5. The lowest BCUT2D eigenvalue weighted by Gasteiger charge is -2.13. The summed E-state index contributed by atoms with van der Waals surface area (Å²) in [6.07, 6.45) is 15.9. The maximum absolute atomic E-state index is 8.87. The first-order valence-corrected chi connectivity index (χ1v) is 17.2. The Kier molecular flexibility index (Phi) is 9.64. The van der Waals surface area contributed by atoms with Crippen molar-refractivity contribution < 1.29 is 4.74 Å². The van der Waals surface area contributed by atoms with Gasteiger partial charge in [-0.05, 0) is 106 Å². The van der Waals surface area contributed by atoms with Gasteiger partial charge in [-0.3, -0.25) is 0 Å². The predicted molar refractivity (Wildman–Crippen MR) is 216 cm³/mol. The van der Waals surface area contributed by atoms with E-state index in [4.69, 9.17) is 21.1 Å². The van der Waals surface area contributed by atoms with Gasteiger partial charge in [0.2, 0.25) is 0 Å². The van der Waals surface area contributed by atoms with Gasteiger partial charge in [-0.25, -0.2) is 0 Å². The first kappa shape index (κ1) is 33.6. The number of nitrogens with one attached hydrogen (secondary N) is 1. The zero-order chi connectivity index (χ0) is 36.0. The van der Waals surface area contributed by atoms with Gasteiger partial charge < -0.3 is 20.4 Å². The van der Waals surface area contributed by atoms with Gasteiger partial charge in [-0.15, -0.1) is 0 Å². The van der Waals surface area contributed by atoms with E-state index >= 15 is 0 Å². The number of rotatable bonds is 5. The van der Waals surface area contributed by atoms with Crippen molar-refractivity contribution in [3.63, 3.8) is 0 Å². The Bertz CT molecular complexity index is 2530. The zero-order valence-corrected chi connectivity index (χ0v) is 29.0. The molecule has 252 valence electrons. The minimum absolute atomic E-state index is 0.392. The number of para-hydroxylation sites is 2. The van der Waals surface area contributed by atoms with Crippen LogP contribution in [0.25, 0.3) is 44.1 Å². The summed E-state index contributed by atoms with van der Waals surface area (Å²) in [6.45, 7) is 4.25. The Hall–Kier alpha value is -6.90. The van der Waals surface area contributed by atoms with E-state index in [0.29, 0.717) is 17.0 Å². The number of allylic oxidation sites excluding steroid dienone is 8. The molecule has 1 aromatic heterocycles. The van der Waals surface area contributed by atoms with Crippen molar-refractivity contribution in [2.45, 2.75) is 12.8 Å². The van der Waals surface area contributed by atoms with Crippen LogP contribution in [0.15, 0.2) is 176 Å². The molecule has 5 aromatic carbocycles. The van der Waals surface area contributed by atoms with Crippen molar-refractivity contribution in [3.8, 4) is 22.9 Å². The van der Waals surface area contributed by atoms with Gasteiger partial charge in [0.1, 0.15) is 5.75 Å². The fourth-order valence-corrected chi connectivity index (χ4v) is 6.59. The van der Waals surface area contributed by atoms with E-state index in [9.17, 15) is 0 Å². The standard InChI is InChI=1S/C25H19NO.C22H19N3/c1-17-15-19(13-14-27-25-10-6-4-7-20(17)25)18-11-12-24-22(16-18)21-8-3-5-9-23(21)26(24)2;23-15-16-6-8-17(9-7-16)18-10-12-20(13-11-18)22(25)14-21(24)19-4-2-1-3-5-19/h3-16H,1H2,2H3;2,4-14,25H,1,3,24H2/b14-13-,19-15+;21-14-,25-22?. The first-order valence-electron chi connectivity index (χ1n) is 17.2. The molecule has 8 rings (SSSR count). The molecule has 52 heavy (non-hydrogen) atoms. The molecule has 0 bridgehead atoms. The molecule has 0 spiro atoms. The predicted octanol–water partition coefficient (Wildman–Crippen LogP) is 11.0. The summed E-state index contributed by atoms with van der Waals surface area (Å²) in [5.74, 6) is 0.832. The number of ether oxygens (including phenoxy) is 1. The van der Waals surface area contributed by atoms with Crippen LogP contribution in [0.4, 0.5) is 0 Å². The monoisotopic (exact) mass is 674 g/mol. The van der Waals surface area contributed by atoms with Gasteiger partial charge in [-0.2, -0.15) is 5.26 Å². The fourth-order valence-electron chi connectivity index (χ4n) is 6.59. The largest absolute Gasteiger partial charge is 0.464 e. The van der Waals surface area contributed by atoms with Crippen LogP contribution in [0.2, 0.25) is 0 Å². The van der Waals surface area contributed by atoms with Gasteiger partial charge in [0.25, 0.3) is 0 Å². The summed E-state index contributed by atoms with van der Waals surface area (Å²) < 4.78 is 8.07. The molecule has 0 amide bonds. The second-order valence-electron chi connectivity index (χ2n) is 12.8. The molecule has 6 aromatic rings. The molecule has 2 aliphatic rings. The number of aryl methyl sites for hydroxylation is 1. The molecule has 0 atom stereocenters. The molecule has 0 unspecified atom stereocenters. The van der Waals surface area contributed by atoms with E-state index in [1.807, 2.05) is 72.8 Å². The van der Waals surface area contributed by atoms with E-state index in [1.165, 1.54) is 21.8 Å². The Labute approximate surface area is 304 Å². The topological polar surface area (TPSA) is 87.8 Å².